The van der Waals surface area contributed by atoms with Gasteiger partial charge in [0.25, 0.3) is 11.5 Å². The van der Waals surface area contributed by atoms with Crippen molar-refractivity contribution in [3.05, 3.63) is 63.7 Å². The highest BCUT2D eigenvalue weighted by Gasteiger charge is 2.62. The molecule has 1 amide bonds. The van der Waals surface area contributed by atoms with Gasteiger partial charge in [-0.1, -0.05) is 35.0 Å². The molecule has 1 aliphatic rings. The van der Waals surface area contributed by atoms with E-state index >= 15 is 0 Å². The standard InChI is InChI=1S/C22H23Cl2F3N4O2/c1-12-6-15(9-16(24)7-12)21(22(25,26)27)10-18(31-33-21)14-5-4-13(2)17(8-14)29-30-19(32)20(3,28)11-23/h4-9,29H,10-11,28H2,1-3H3,(H,30,32)/t20?,21-/m0/s1. The highest BCUT2D eigenvalue weighted by Crippen LogP contribution is 2.49. The van der Waals surface area contributed by atoms with Crippen LogP contribution in [-0.4, -0.2) is 29.2 Å². The summed E-state index contributed by atoms with van der Waals surface area (Å²) in [5.74, 6) is -0.646. The molecule has 0 bridgehead atoms. The van der Waals surface area contributed by atoms with Crippen LogP contribution in [0.1, 0.15) is 35.6 Å². The van der Waals surface area contributed by atoms with Crippen LogP contribution in [0.5, 0.6) is 0 Å². The minimum Gasteiger partial charge on any atom is -0.374 e. The van der Waals surface area contributed by atoms with Crippen LogP contribution in [0.25, 0.3) is 0 Å². The lowest BCUT2D eigenvalue weighted by Gasteiger charge is -2.30. The minimum absolute atomic E-state index is 0.101. The van der Waals surface area contributed by atoms with E-state index in [-0.39, 0.29) is 22.2 Å². The number of hydrazine groups is 1. The summed E-state index contributed by atoms with van der Waals surface area (Å²) in [6.45, 7) is 4.89. The highest BCUT2D eigenvalue weighted by molar-refractivity contribution is 6.30. The van der Waals surface area contributed by atoms with Crippen LogP contribution in [0.3, 0.4) is 0 Å². The number of halogens is 5. The lowest BCUT2D eigenvalue weighted by Crippen LogP contribution is -2.54. The number of rotatable bonds is 6. The Morgan fingerprint density at radius 1 is 1.24 bits per heavy atom. The van der Waals surface area contributed by atoms with Gasteiger partial charge in [-0.2, -0.15) is 13.2 Å². The number of hydrogen-bond donors (Lipinski definition) is 3. The largest absolute Gasteiger partial charge is 0.435 e. The molecule has 6 nitrogen and oxygen atoms in total. The smallest absolute Gasteiger partial charge is 0.374 e. The van der Waals surface area contributed by atoms with Crippen LogP contribution < -0.4 is 16.6 Å². The van der Waals surface area contributed by atoms with Crippen LogP contribution in [0.2, 0.25) is 5.02 Å². The maximum atomic E-state index is 14.2. The number of carbonyl (C=O) groups is 1. The fourth-order valence-electron chi connectivity index (χ4n) is 3.29. The summed E-state index contributed by atoms with van der Waals surface area (Å²) < 4.78 is 42.7. The van der Waals surface area contributed by atoms with Gasteiger partial charge in [0.05, 0.1) is 11.4 Å². The van der Waals surface area contributed by atoms with Crippen LogP contribution >= 0.6 is 23.2 Å². The van der Waals surface area contributed by atoms with Crippen LogP contribution in [-0.2, 0) is 15.2 Å². The highest BCUT2D eigenvalue weighted by atomic mass is 35.5. The normalized spacial score (nSPS) is 20.0. The third kappa shape index (κ3) is 5.05. The molecule has 2 atom stereocenters. The number of anilines is 1. The molecule has 11 heteroatoms. The number of alkyl halides is 4. The molecule has 0 spiro atoms. The molecule has 0 saturated carbocycles. The first-order valence-corrected chi connectivity index (χ1v) is 10.8. The molecule has 33 heavy (non-hydrogen) atoms. The summed E-state index contributed by atoms with van der Waals surface area (Å²) in [5.41, 5.74) is 9.18. The quantitative estimate of drug-likeness (QED) is 0.385. The van der Waals surface area contributed by atoms with Crippen LogP contribution in [0, 0.1) is 13.8 Å². The van der Waals surface area contributed by atoms with Gasteiger partial charge in [-0.05, 0) is 50.1 Å². The van der Waals surface area contributed by atoms with Gasteiger partial charge in [0.2, 0.25) is 0 Å². The Labute approximate surface area is 199 Å². The first-order valence-electron chi connectivity index (χ1n) is 9.91. The molecule has 0 saturated heterocycles. The number of oxime groups is 1. The zero-order chi connectivity index (χ0) is 24.6. The fourth-order valence-corrected chi connectivity index (χ4v) is 3.70. The van der Waals surface area contributed by atoms with Gasteiger partial charge in [0, 0.05) is 28.5 Å². The molecule has 0 radical (unpaired) electrons. The van der Waals surface area contributed by atoms with Gasteiger partial charge in [0.15, 0.2) is 0 Å². The molecule has 0 aromatic heterocycles. The predicted molar refractivity (Wildman–Crippen MR) is 122 cm³/mol. The predicted octanol–water partition coefficient (Wildman–Crippen LogP) is 4.94. The number of aryl methyl sites for hydroxylation is 2. The number of nitrogens with two attached hydrogens (primary N) is 1. The van der Waals surface area contributed by atoms with E-state index in [2.05, 4.69) is 16.0 Å². The summed E-state index contributed by atoms with van der Waals surface area (Å²) >= 11 is 11.7. The molecule has 1 aliphatic heterocycles. The van der Waals surface area contributed by atoms with E-state index in [1.807, 2.05) is 0 Å². The Bertz CT molecular complexity index is 1090. The Morgan fingerprint density at radius 2 is 1.94 bits per heavy atom. The summed E-state index contributed by atoms with van der Waals surface area (Å²) in [4.78, 5) is 17.2. The summed E-state index contributed by atoms with van der Waals surface area (Å²) in [5, 5.41) is 3.95. The molecule has 0 fully saturated rings. The molecular formula is C22H23Cl2F3N4O2. The Morgan fingerprint density at radius 3 is 2.55 bits per heavy atom. The lowest BCUT2D eigenvalue weighted by molar-refractivity contribution is -0.275. The van der Waals surface area contributed by atoms with Gasteiger partial charge in [-0.3, -0.25) is 15.6 Å². The van der Waals surface area contributed by atoms with Gasteiger partial charge in [0.1, 0.15) is 5.54 Å². The van der Waals surface area contributed by atoms with E-state index in [0.717, 1.165) is 5.56 Å². The average molecular weight is 503 g/mol. The van der Waals surface area contributed by atoms with E-state index in [9.17, 15) is 18.0 Å². The maximum absolute atomic E-state index is 14.2. The van der Waals surface area contributed by atoms with Crippen molar-refractivity contribution in [2.45, 2.75) is 44.5 Å². The topological polar surface area (TPSA) is 88.7 Å². The van der Waals surface area contributed by atoms with Crippen molar-refractivity contribution in [3.8, 4) is 0 Å². The van der Waals surface area contributed by atoms with Gasteiger partial charge in [-0.15, -0.1) is 11.6 Å². The van der Waals surface area contributed by atoms with Crippen molar-refractivity contribution in [1.82, 2.24) is 5.43 Å². The van der Waals surface area contributed by atoms with E-state index in [1.54, 1.807) is 38.1 Å². The van der Waals surface area contributed by atoms with E-state index in [1.165, 1.54) is 19.1 Å². The summed E-state index contributed by atoms with van der Waals surface area (Å²) in [6, 6.07) is 9.07. The van der Waals surface area contributed by atoms with Crippen molar-refractivity contribution < 1.29 is 22.8 Å². The average Bonchev–Trinajstić information content (AvgIpc) is 3.19. The van der Waals surface area contributed by atoms with Crippen molar-refractivity contribution in [1.29, 1.82) is 0 Å². The summed E-state index contributed by atoms with van der Waals surface area (Å²) in [6.07, 6.45) is -5.29. The van der Waals surface area contributed by atoms with Gasteiger partial charge < -0.3 is 10.6 Å². The zero-order valence-electron chi connectivity index (χ0n) is 18.1. The van der Waals surface area contributed by atoms with Crippen LogP contribution in [0.4, 0.5) is 18.9 Å². The maximum Gasteiger partial charge on any atom is 0.435 e. The molecule has 0 aliphatic carbocycles. The van der Waals surface area contributed by atoms with Crippen molar-refractivity contribution in [2.24, 2.45) is 10.9 Å². The monoisotopic (exact) mass is 502 g/mol. The third-order valence-corrected chi connectivity index (χ3v) is 6.15. The number of carbonyl (C=O) groups excluding carboxylic acids is 1. The first kappa shape index (κ1) is 25.1. The number of nitrogens with zero attached hydrogens (tertiary/aromatic N) is 1. The summed E-state index contributed by atoms with van der Waals surface area (Å²) in [7, 11) is 0. The zero-order valence-corrected chi connectivity index (χ0v) is 19.6. The fraction of sp³-hybridized carbons (Fsp3) is 0.364. The Balaban J connectivity index is 1.89. The van der Waals surface area contributed by atoms with Crippen molar-refractivity contribution >= 4 is 40.5 Å². The molecule has 2 aromatic carbocycles. The second kappa shape index (κ2) is 9.04. The molecule has 3 rings (SSSR count). The number of hydrogen-bond acceptors (Lipinski definition) is 5. The van der Waals surface area contributed by atoms with Crippen molar-refractivity contribution in [3.63, 3.8) is 0 Å². The number of nitrogens with one attached hydrogen (secondary N) is 2. The third-order valence-electron chi connectivity index (χ3n) is 5.37. The second-order valence-electron chi connectivity index (χ2n) is 8.31. The SMILES string of the molecule is Cc1cc(Cl)cc([C@]2(C(F)(F)F)CC(c3ccc(C)c(NNC(=O)C(C)(N)CCl)c3)=NO2)c1. The van der Waals surface area contributed by atoms with E-state index < -0.39 is 29.6 Å². The van der Waals surface area contributed by atoms with Crippen molar-refractivity contribution in [2.75, 3.05) is 11.3 Å². The molecule has 2 aromatic rings. The van der Waals surface area contributed by atoms with E-state index in [0.29, 0.717) is 16.8 Å². The molecule has 1 heterocycles. The number of amides is 1. The van der Waals surface area contributed by atoms with Gasteiger partial charge in [-0.25, -0.2) is 0 Å². The first-order chi connectivity index (χ1) is 15.3. The Hall–Kier alpha value is -2.49. The molecule has 178 valence electrons. The van der Waals surface area contributed by atoms with E-state index in [4.69, 9.17) is 33.8 Å². The molecule has 1 unspecified atom stereocenters. The van der Waals surface area contributed by atoms with Gasteiger partial charge >= 0.3 is 6.18 Å². The lowest BCUT2D eigenvalue weighted by atomic mass is 9.85. The van der Waals surface area contributed by atoms with Crippen LogP contribution in [0.15, 0.2) is 41.6 Å². The Kier molecular flexibility index (Phi) is 6.89. The number of benzene rings is 2. The minimum atomic E-state index is -4.75. The second-order valence-corrected chi connectivity index (χ2v) is 9.01. The molecule has 4 N–H and O–H groups in total. The molecular weight excluding hydrogens is 480 g/mol.